The van der Waals surface area contributed by atoms with Gasteiger partial charge in [0.2, 0.25) is 5.91 Å². The van der Waals surface area contributed by atoms with Crippen molar-refractivity contribution in [3.05, 3.63) is 29.8 Å². The van der Waals surface area contributed by atoms with Crippen molar-refractivity contribution < 1.29 is 4.79 Å². The fraction of sp³-hybridized carbons (Fsp3) is 0.533. The van der Waals surface area contributed by atoms with Crippen molar-refractivity contribution in [3.8, 4) is 0 Å². The maximum Gasteiger partial charge on any atom is 0.222 e. The van der Waals surface area contributed by atoms with Crippen molar-refractivity contribution in [2.75, 3.05) is 19.3 Å². The van der Waals surface area contributed by atoms with Crippen LogP contribution in [-0.4, -0.2) is 24.4 Å². The summed E-state index contributed by atoms with van der Waals surface area (Å²) in [4.78, 5) is 13.7. The number of aryl methyl sites for hydroxylation is 1. The number of carbonyl (C=O) groups excluding carboxylic acids is 1. The minimum Gasteiger partial charge on any atom is -0.399 e. The van der Waals surface area contributed by atoms with Crippen LogP contribution in [-0.2, 0) is 11.2 Å². The van der Waals surface area contributed by atoms with E-state index in [1.165, 1.54) is 12.8 Å². The Balaban J connectivity index is 2.32. The lowest BCUT2D eigenvalue weighted by Crippen LogP contribution is -2.27. The van der Waals surface area contributed by atoms with Crippen LogP contribution in [0.15, 0.2) is 24.3 Å². The van der Waals surface area contributed by atoms with Gasteiger partial charge in [-0.2, -0.15) is 0 Å². The molecule has 3 heteroatoms. The molecule has 0 heterocycles. The number of nitrogen functional groups attached to an aromatic ring is 1. The highest BCUT2D eigenvalue weighted by molar-refractivity contribution is 5.76. The summed E-state index contributed by atoms with van der Waals surface area (Å²) in [7, 11) is 1.89. The zero-order chi connectivity index (χ0) is 13.4. The number of anilines is 1. The third-order valence-corrected chi connectivity index (χ3v) is 3.10. The van der Waals surface area contributed by atoms with Crippen molar-refractivity contribution >= 4 is 11.6 Å². The molecule has 0 radical (unpaired) electrons. The summed E-state index contributed by atoms with van der Waals surface area (Å²) >= 11 is 0. The van der Waals surface area contributed by atoms with E-state index in [-0.39, 0.29) is 5.91 Å². The van der Waals surface area contributed by atoms with E-state index in [9.17, 15) is 4.79 Å². The van der Waals surface area contributed by atoms with Gasteiger partial charge in [0, 0.05) is 25.7 Å². The molecule has 1 aromatic carbocycles. The van der Waals surface area contributed by atoms with Gasteiger partial charge < -0.3 is 10.6 Å². The summed E-state index contributed by atoms with van der Waals surface area (Å²) in [6, 6.07) is 7.74. The average Bonchev–Trinajstić information content (AvgIpc) is 2.36. The van der Waals surface area contributed by atoms with Crippen molar-refractivity contribution in [1.82, 2.24) is 4.90 Å². The highest BCUT2D eigenvalue weighted by Crippen LogP contribution is 2.09. The Morgan fingerprint density at radius 2 is 2.11 bits per heavy atom. The Morgan fingerprint density at radius 3 is 2.78 bits per heavy atom. The number of amides is 1. The molecule has 0 unspecified atom stereocenters. The standard InChI is InChI=1S/C15H24N2O/c1-3-4-5-11-17(2)15(18)10-9-13-7-6-8-14(16)12-13/h6-8,12H,3-5,9-11,16H2,1-2H3. The van der Waals surface area contributed by atoms with Gasteiger partial charge in [-0.3, -0.25) is 4.79 Å². The Kier molecular flexibility index (Phi) is 6.26. The van der Waals surface area contributed by atoms with Crippen LogP contribution in [0.3, 0.4) is 0 Å². The number of hydrogen-bond donors (Lipinski definition) is 1. The van der Waals surface area contributed by atoms with Crippen molar-refractivity contribution in [1.29, 1.82) is 0 Å². The second kappa shape index (κ2) is 7.75. The molecule has 3 nitrogen and oxygen atoms in total. The summed E-state index contributed by atoms with van der Waals surface area (Å²) < 4.78 is 0. The van der Waals surface area contributed by atoms with Crippen LogP contribution >= 0.6 is 0 Å². The van der Waals surface area contributed by atoms with E-state index in [4.69, 9.17) is 5.73 Å². The summed E-state index contributed by atoms with van der Waals surface area (Å²) in [5.74, 6) is 0.216. The maximum absolute atomic E-state index is 11.9. The highest BCUT2D eigenvalue weighted by Gasteiger charge is 2.08. The molecule has 100 valence electrons. The number of carbonyl (C=O) groups is 1. The summed E-state index contributed by atoms with van der Waals surface area (Å²) in [6.07, 6.45) is 4.79. The van der Waals surface area contributed by atoms with Crippen LogP contribution in [0, 0.1) is 0 Å². The molecule has 18 heavy (non-hydrogen) atoms. The molecule has 0 aromatic heterocycles. The smallest absolute Gasteiger partial charge is 0.222 e. The quantitative estimate of drug-likeness (QED) is 0.596. The molecule has 0 spiro atoms. The predicted octanol–water partition coefficient (Wildman–Crippen LogP) is 2.85. The molecule has 0 aliphatic rings. The highest BCUT2D eigenvalue weighted by atomic mass is 16.2. The number of unbranched alkanes of at least 4 members (excludes halogenated alkanes) is 2. The van der Waals surface area contributed by atoms with Crippen LogP contribution < -0.4 is 5.73 Å². The molecule has 0 aliphatic carbocycles. The van der Waals surface area contributed by atoms with Crippen molar-refractivity contribution in [3.63, 3.8) is 0 Å². The first-order valence-corrected chi connectivity index (χ1v) is 6.72. The van der Waals surface area contributed by atoms with Crippen LogP contribution in [0.1, 0.15) is 38.2 Å². The fourth-order valence-corrected chi connectivity index (χ4v) is 1.91. The number of nitrogens with two attached hydrogens (primary N) is 1. The minimum absolute atomic E-state index is 0.216. The van der Waals surface area contributed by atoms with E-state index in [1.54, 1.807) is 0 Å². The van der Waals surface area contributed by atoms with Gasteiger partial charge >= 0.3 is 0 Å². The molecule has 1 amide bonds. The molecule has 0 aliphatic heterocycles. The third kappa shape index (κ3) is 5.21. The first-order valence-electron chi connectivity index (χ1n) is 6.72. The maximum atomic E-state index is 11.9. The van der Waals surface area contributed by atoms with Crippen LogP contribution in [0.4, 0.5) is 5.69 Å². The second-order valence-corrected chi connectivity index (χ2v) is 4.77. The molecular formula is C15H24N2O. The van der Waals surface area contributed by atoms with Crippen LogP contribution in [0.2, 0.25) is 0 Å². The largest absolute Gasteiger partial charge is 0.399 e. The monoisotopic (exact) mass is 248 g/mol. The van der Waals surface area contributed by atoms with Gasteiger partial charge in [-0.05, 0) is 30.5 Å². The average molecular weight is 248 g/mol. The number of benzene rings is 1. The minimum atomic E-state index is 0.216. The van der Waals surface area contributed by atoms with Crippen molar-refractivity contribution in [2.45, 2.75) is 39.0 Å². The SMILES string of the molecule is CCCCCN(C)C(=O)CCc1cccc(N)c1. The zero-order valence-electron chi connectivity index (χ0n) is 11.5. The Morgan fingerprint density at radius 1 is 1.33 bits per heavy atom. The fourth-order valence-electron chi connectivity index (χ4n) is 1.91. The lowest BCUT2D eigenvalue weighted by atomic mass is 10.1. The summed E-state index contributed by atoms with van der Waals surface area (Å²) in [5.41, 5.74) is 7.60. The van der Waals surface area contributed by atoms with Gasteiger partial charge in [0.05, 0.1) is 0 Å². The van der Waals surface area contributed by atoms with Gasteiger partial charge in [-0.15, -0.1) is 0 Å². The Labute approximate surface area is 110 Å². The van der Waals surface area contributed by atoms with Gasteiger partial charge in [-0.25, -0.2) is 0 Å². The van der Waals surface area contributed by atoms with E-state index < -0.39 is 0 Å². The summed E-state index contributed by atoms with van der Waals surface area (Å²) in [6.45, 7) is 3.03. The number of nitrogens with zero attached hydrogens (tertiary/aromatic N) is 1. The summed E-state index contributed by atoms with van der Waals surface area (Å²) in [5, 5.41) is 0. The molecule has 0 fully saturated rings. The van der Waals surface area contributed by atoms with E-state index in [0.29, 0.717) is 6.42 Å². The third-order valence-electron chi connectivity index (χ3n) is 3.10. The number of rotatable bonds is 7. The van der Waals surface area contributed by atoms with E-state index in [0.717, 1.165) is 30.6 Å². The lowest BCUT2D eigenvalue weighted by Gasteiger charge is -2.16. The van der Waals surface area contributed by atoms with Crippen LogP contribution in [0.25, 0.3) is 0 Å². The first kappa shape index (κ1) is 14.6. The normalized spacial score (nSPS) is 10.3. The Bertz CT molecular complexity index is 377. The Hall–Kier alpha value is -1.51. The van der Waals surface area contributed by atoms with E-state index in [1.807, 2.05) is 36.2 Å². The van der Waals surface area contributed by atoms with Gasteiger partial charge in [0.15, 0.2) is 0 Å². The predicted molar refractivity (Wildman–Crippen MR) is 76.3 cm³/mol. The number of hydrogen-bond acceptors (Lipinski definition) is 2. The second-order valence-electron chi connectivity index (χ2n) is 4.77. The van der Waals surface area contributed by atoms with E-state index in [2.05, 4.69) is 6.92 Å². The van der Waals surface area contributed by atoms with Gasteiger partial charge in [-0.1, -0.05) is 31.9 Å². The van der Waals surface area contributed by atoms with E-state index >= 15 is 0 Å². The topological polar surface area (TPSA) is 46.3 Å². The molecule has 1 rings (SSSR count). The first-order chi connectivity index (χ1) is 8.63. The molecule has 0 atom stereocenters. The molecule has 2 N–H and O–H groups in total. The lowest BCUT2D eigenvalue weighted by molar-refractivity contribution is -0.129. The molecule has 0 bridgehead atoms. The van der Waals surface area contributed by atoms with Crippen molar-refractivity contribution in [2.24, 2.45) is 0 Å². The van der Waals surface area contributed by atoms with Gasteiger partial charge in [0.25, 0.3) is 0 Å². The molecular weight excluding hydrogens is 224 g/mol. The van der Waals surface area contributed by atoms with Gasteiger partial charge in [0.1, 0.15) is 0 Å². The van der Waals surface area contributed by atoms with Crippen LogP contribution in [0.5, 0.6) is 0 Å². The zero-order valence-corrected chi connectivity index (χ0v) is 11.5. The molecule has 1 aromatic rings. The molecule has 0 saturated carbocycles. The molecule has 0 saturated heterocycles.